The lowest BCUT2D eigenvalue weighted by Crippen LogP contribution is -2.38. The van der Waals surface area contributed by atoms with Crippen LogP contribution in [-0.4, -0.2) is 36.5 Å². The molecule has 1 aromatic carbocycles. The summed E-state index contributed by atoms with van der Waals surface area (Å²) >= 11 is 3.41. The molecule has 0 aliphatic rings. The maximum atomic E-state index is 10.7. The first kappa shape index (κ1) is 18.1. The van der Waals surface area contributed by atoms with Crippen molar-refractivity contribution in [3.05, 3.63) is 38.3 Å². The number of halogens is 1. The Bertz CT molecular complexity index is 468. The van der Waals surface area contributed by atoms with E-state index in [1.807, 2.05) is 0 Å². The largest absolute Gasteiger partial charge is 0.309 e. The van der Waals surface area contributed by atoms with Gasteiger partial charge in [-0.2, -0.15) is 0 Å². The normalized spacial score (nSPS) is 12.9. The van der Waals surface area contributed by atoms with Crippen molar-refractivity contribution in [3.8, 4) is 0 Å². The van der Waals surface area contributed by atoms with Crippen LogP contribution in [0.3, 0.4) is 0 Å². The van der Waals surface area contributed by atoms with Crippen molar-refractivity contribution in [3.63, 3.8) is 0 Å². The van der Waals surface area contributed by atoms with Crippen LogP contribution >= 0.6 is 15.9 Å². The Morgan fingerprint density at radius 1 is 1.38 bits per heavy atom. The summed E-state index contributed by atoms with van der Waals surface area (Å²) in [6.07, 6.45) is 1.10. The molecule has 0 spiro atoms. The third-order valence-corrected chi connectivity index (χ3v) is 3.91. The van der Waals surface area contributed by atoms with Gasteiger partial charge in [-0.05, 0) is 38.1 Å². The summed E-state index contributed by atoms with van der Waals surface area (Å²) < 4.78 is 0.775. The summed E-state index contributed by atoms with van der Waals surface area (Å²) in [7, 11) is 4.13. The predicted octanol–water partition coefficient (Wildman–Crippen LogP) is 3.42. The zero-order chi connectivity index (χ0) is 16.0. The average molecular weight is 358 g/mol. The van der Waals surface area contributed by atoms with Gasteiger partial charge in [0.05, 0.1) is 4.92 Å². The third kappa shape index (κ3) is 6.54. The van der Waals surface area contributed by atoms with E-state index in [1.54, 1.807) is 18.2 Å². The number of rotatable bonds is 8. The molecular weight excluding hydrogens is 334 g/mol. The highest BCUT2D eigenvalue weighted by molar-refractivity contribution is 9.10. The summed E-state index contributed by atoms with van der Waals surface area (Å²) in [5.41, 5.74) is 1.14. The van der Waals surface area contributed by atoms with Gasteiger partial charge in [-0.15, -0.1) is 0 Å². The summed E-state index contributed by atoms with van der Waals surface area (Å²) in [5.74, 6) is 0.628. The Morgan fingerprint density at radius 2 is 2.05 bits per heavy atom. The van der Waals surface area contributed by atoms with Crippen molar-refractivity contribution in [2.24, 2.45) is 5.92 Å². The molecule has 0 saturated carbocycles. The van der Waals surface area contributed by atoms with Crippen LogP contribution in [-0.2, 0) is 6.54 Å². The van der Waals surface area contributed by atoms with Gasteiger partial charge in [0, 0.05) is 35.7 Å². The quantitative estimate of drug-likeness (QED) is 0.571. The summed E-state index contributed by atoms with van der Waals surface area (Å²) in [6, 6.07) is 5.31. The Labute approximate surface area is 135 Å². The van der Waals surface area contributed by atoms with Gasteiger partial charge in [0.1, 0.15) is 0 Å². The van der Waals surface area contributed by atoms with E-state index in [0.717, 1.165) is 23.0 Å². The molecule has 0 radical (unpaired) electrons. The van der Waals surface area contributed by atoms with Gasteiger partial charge < -0.3 is 10.2 Å². The molecule has 1 aromatic rings. The zero-order valence-corrected chi connectivity index (χ0v) is 14.7. The second kappa shape index (κ2) is 8.46. The van der Waals surface area contributed by atoms with Crippen LogP contribution in [0, 0.1) is 16.0 Å². The van der Waals surface area contributed by atoms with Crippen molar-refractivity contribution in [2.45, 2.75) is 32.9 Å². The number of hydrogen-bond donors (Lipinski definition) is 1. The van der Waals surface area contributed by atoms with Gasteiger partial charge in [0.2, 0.25) is 0 Å². The van der Waals surface area contributed by atoms with Crippen molar-refractivity contribution in [1.29, 1.82) is 0 Å². The molecule has 0 aromatic heterocycles. The van der Waals surface area contributed by atoms with E-state index in [1.165, 1.54) is 0 Å². The molecule has 0 bridgehead atoms. The smallest absolute Gasteiger partial charge is 0.270 e. The van der Waals surface area contributed by atoms with Crippen molar-refractivity contribution >= 4 is 21.6 Å². The molecular formula is C15H24BrN3O2. The fraction of sp³-hybridized carbons (Fsp3) is 0.600. The van der Waals surface area contributed by atoms with Gasteiger partial charge in [0.25, 0.3) is 5.69 Å². The minimum absolute atomic E-state index is 0.109. The predicted molar refractivity (Wildman–Crippen MR) is 89.4 cm³/mol. The molecule has 1 rings (SSSR count). The SMILES string of the molecule is CC(C)CC(CN(C)C)NCc1ccc([N+](=O)[O-])cc1Br. The molecule has 5 nitrogen and oxygen atoms in total. The number of nitrogens with one attached hydrogen (secondary N) is 1. The summed E-state index contributed by atoms with van der Waals surface area (Å²) in [4.78, 5) is 12.5. The van der Waals surface area contributed by atoms with E-state index >= 15 is 0 Å². The highest BCUT2D eigenvalue weighted by Gasteiger charge is 2.13. The fourth-order valence-corrected chi connectivity index (χ4v) is 2.79. The molecule has 0 saturated heterocycles. The molecule has 0 fully saturated rings. The first-order valence-electron chi connectivity index (χ1n) is 7.10. The van der Waals surface area contributed by atoms with Crippen LogP contribution in [0.25, 0.3) is 0 Å². The van der Waals surface area contributed by atoms with E-state index in [-0.39, 0.29) is 10.6 Å². The van der Waals surface area contributed by atoms with Crippen molar-refractivity contribution < 1.29 is 4.92 Å². The third-order valence-electron chi connectivity index (χ3n) is 3.17. The van der Waals surface area contributed by atoms with E-state index < -0.39 is 0 Å². The number of hydrogen-bond acceptors (Lipinski definition) is 4. The number of nitro benzene ring substituents is 1. The molecule has 0 aliphatic heterocycles. The van der Waals surface area contributed by atoms with E-state index in [0.29, 0.717) is 18.5 Å². The topological polar surface area (TPSA) is 58.4 Å². The summed E-state index contributed by atoms with van der Waals surface area (Å²) in [5, 5.41) is 14.3. The highest BCUT2D eigenvalue weighted by Crippen LogP contribution is 2.23. The highest BCUT2D eigenvalue weighted by atomic mass is 79.9. The Morgan fingerprint density at radius 3 is 2.52 bits per heavy atom. The molecule has 6 heteroatoms. The number of non-ortho nitro benzene ring substituents is 1. The standard InChI is InChI=1S/C15H24BrN3O2/c1-11(2)7-13(10-18(3)4)17-9-12-5-6-14(19(20)21)8-15(12)16/h5-6,8,11,13,17H,7,9-10H2,1-4H3. The number of benzene rings is 1. The molecule has 0 aliphatic carbocycles. The van der Waals surface area contributed by atoms with Gasteiger partial charge in [-0.1, -0.05) is 29.8 Å². The maximum Gasteiger partial charge on any atom is 0.270 e. The Hall–Kier alpha value is -0.980. The first-order chi connectivity index (χ1) is 9.79. The Kier molecular flexibility index (Phi) is 7.28. The zero-order valence-electron chi connectivity index (χ0n) is 13.1. The monoisotopic (exact) mass is 357 g/mol. The van der Waals surface area contributed by atoms with Crippen LogP contribution in [0.1, 0.15) is 25.8 Å². The van der Waals surface area contributed by atoms with Gasteiger partial charge in [0.15, 0.2) is 0 Å². The van der Waals surface area contributed by atoms with Gasteiger partial charge in [-0.25, -0.2) is 0 Å². The summed E-state index contributed by atoms with van der Waals surface area (Å²) in [6.45, 7) is 6.10. The second-order valence-corrected chi connectivity index (χ2v) is 6.86. The Balaban J connectivity index is 2.68. The number of nitro groups is 1. The average Bonchev–Trinajstić information content (AvgIpc) is 2.35. The fourth-order valence-electron chi connectivity index (χ4n) is 2.28. The van der Waals surface area contributed by atoms with E-state index in [2.05, 4.69) is 54.1 Å². The molecule has 0 amide bonds. The van der Waals surface area contributed by atoms with E-state index in [4.69, 9.17) is 0 Å². The number of nitrogens with zero attached hydrogens (tertiary/aromatic N) is 2. The lowest BCUT2D eigenvalue weighted by molar-refractivity contribution is -0.384. The number of likely N-dealkylation sites (N-methyl/N-ethyl adjacent to an activating group) is 1. The van der Waals surface area contributed by atoms with Gasteiger partial charge >= 0.3 is 0 Å². The minimum Gasteiger partial charge on any atom is -0.309 e. The van der Waals surface area contributed by atoms with Crippen LogP contribution < -0.4 is 5.32 Å². The van der Waals surface area contributed by atoms with Gasteiger partial charge in [-0.3, -0.25) is 10.1 Å². The van der Waals surface area contributed by atoms with Crippen molar-refractivity contribution in [1.82, 2.24) is 10.2 Å². The second-order valence-electron chi connectivity index (χ2n) is 6.00. The van der Waals surface area contributed by atoms with Crippen LogP contribution in [0.15, 0.2) is 22.7 Å². The van der Waals surface area contributed by atoms with Crippen molar-refractivity contribution in [2.75, 3.05) is 20.6 Å². The minimum atomic E-state index is -0.379. The molecule has 1 unspecified atom stereocenters. The molecule has 118 valence electrons. The maximum absolute atomic E-state index is 10.7. The van der Waals surface area contributed by atoms with Crippen LogP contribution in [0.2, 0.25) is 0 Å². The molecule has 1 atom stereocenters. The lowest BCUT2D eigenvalue weighted by Gasteiger charge is -2.24. The molecule has 21 heavy (non-hydrogen) atoms. The lowest BCUT2D eigenvalue weighted by atomic mass is 10.0. The molecule has 0 heterocycles. The van der Waals surface area contributed by atoms with Crippen LogP contribution in [0.4, 0.5) is 5.69 Å². The molecule has 1 N–H and O–H groups in total. The van der Waals surface area contributed by atoms with Crippen LogP contribution in [0.5, 0.6) is 0 Å². The first-order valence-corrected chi connectivity index (χ1v) is 7.89. The van der Waals surface area contributed by atoms with E-state index in [9.17, 15) is 10.1 Å².